The summed E-state index contributed by atoms with van der Waals surface area (Å²) in [5, 5.41) is 13.2. The Kier molecular flexibility index (Phi) is 9.17. The van der Waals surface area contributed by atoms with Gasteiger partial charge in [0.05, 0.1) is 5.02 Å². The van der Waals surface area contributed by atoms with Gasteiger partial charge in [0, 0.05) is 37.8 Å². The summed E-state index contributed by atoms with van der Waals surface area (Å²) in [5.74, 6) is -0.713. The van der Waals surface area contributed by atoms with Crippen LogP contribution in [0.3, 0.4) is 0 Å². The molecule has 42 heavy (non-hydrogen) atoms. The predicted molar refractivity (Wildman–Crippen MR) is 159 cm³/mol. The molecule has 0 saturated carbocycles. The Morgan fingerprint density at radius 1 is 1.02 bits per heavy atom. The van der Waals surface area contributed by atoms with Crippen molar-refractivity contribution in [3.63, 3.8) is 0 Å². The number of amides is 3. The fourth-order valence-electron chi connectivity index (χ4n) is 5.52. The predicted octanol–water partition coefficient (Wildman–Crippen LogP) is 5.91. The zero-order valence-corrected chi connectivity index (χ0v) is 24.2. The summed E-state index contributed by atoms with van der Waals surface area (Å²) >= 11 is 6.50. The molecule has 2 heterocycles. The number of halogens is 1. The first-order valence-corrected chi connectivity index (χ1v) is 14.5. The van der Waals surface area contributed by atoms with E-state index in [1.54, 1.807) is 12.1 Å². The van der Waals surface area contributed by atoms with Crippen LogP contribution in [0, 0.1) is 6.92 Å². The van der Waals surface area contributed by atoms with Crippen LogP contribution in [0.1, 0.15) is 35.1 Å². The zero-order valence-electron chi connectivity index (χ0n) is 23.4. The number of hydrogen-bond donors (Lipinski definition) is 2. The van der Waals surface area contributed by atoms with Crippen molar-refractivity contribution < 1.29 is 29.0 Å². The SMILES string of the molecule is Cc1cc(C[C@@H](OC(=O)N2CCC(N3CCc4ccccc4NC3=O)CC2)C(=O)O)cc(Cl)c1OCc1ccccc1. The zero-order chi connectivity index (χ0) is 29.6. The quantitative estimate of drug-likeness (QED) is 0.337. The van der Waals surface area contributed by atoms with Crippen LogP contribution in [0.2, 0.25) is 5.02 Å². The van der Waals surface area contributed by atoms with E-state index in [1.807, 2.05) is 66.4 Å². The molecule has 0 spiro atoms. The third-order valence-corrected chi connectivity index (χ3v) is 8.04. The molecule has 5 rings (SSSR count). The van der Waals surface area contributed by atoms with Gasteiger partial charge in [0.1, 0.15) is 12.4 Å². The number of urea groups is 1. The van der Waals surface area contributed by atoms with Crippen molar-refractivity contribution in [1.82, 2.24) is 9.80 Å². The number of hydrogen-bond acceptors (Lipinski definition) is 5. The van der Waals surface area contributed by atoms with Crippen LogP contribution in [0.25, 0.3) is 0 Å². The molecule has 0 aliphatic carbocycles. The van der Waals surface area contributed by atoms with Crippen molar-refractivity contribution in [2.45, 2.75) is 51.4 Å². The molecule has 0 unspecified atom stereocenters. The molecule has 1 saturated heterocycles. The van der Waals surface area contributed by atoms with Crippen LogP contribution in [0.4, 0.5) is 15.3 Å². The maximum atomic E-state index is 13.0. The molecule has 1 atom stereocenters. The number of ether oxygens (including phenoxy) is 2. The van der Waals surface area contributed by atoms with Crippen LogP contribution in [0.15, 0.2) is 66.7 Å². The topological polar surface area (TPSA) is 108 Å². The van der Waals surface area contributed by atoms with E-state index >= 15 is 0 Å². The highest BCUT2D eigenvalue weighted by Gasteiger charge is 2.33. The van der Waals surface area contributed by atoms with Gasteiger partial charge in [0.15, 0.2) is 0 Å². The summed E-state index contributed by atoms with van der Waals surface area (Å²) in [7, 11) is 0. The summed E-state index contributed by atoms with van der Waals surface area (Å²) in [6, 6.07) is 20.8. The molecule has 2 N–H and O–H groups in total. The standard InChI is InChI=1S/C32H34ClN3O6/c1-21-17-23(18-26(33)29(21)41-20-22-7-3-2-4-8-22)19-28(30(37)38)42-32(40)35-14-12-25(13-15-35)36-16-11-24-9-5-6-10-27(24)34-31(36)39/h2-10,17-18,25,28H,11-16,19-20H2,1H3,(H,34,39)(H,37,38)/t28-/m1/s1. The minimum Gasteiger partial charge on any atom is -0.487 e. The number of aryl methyl sites for hydroxylation is 1. The van der Waals surface area contributed by atoms with E-state index in [1.165, 1.54) is 4.90 Å². The number of nitrogens with one attached hydrogen (secondary N) is 1. The Morgan fingerprint density at radius 3 is 2.45 bits per heavy atom. The molecule has 2 aliphatic heterocycles. The highest BCUT2D eigenvalue weighted by atomic mass is 35.5. The molecule has 0 aromatic heterocycles. The normalized spacial score (nSPS) is 16.2. The number of aliphatic carboxylic acids is 1. The number of carboxylic acids is 1. The number of rotatable bonds is 8. The molecule has 9 nitrogen and oxygen atoms in total. The lowest BCUT2D eigenvalue weighted by Crippen LogP contribution is -2.50. The smallest absolute Gasteiger partial charge is 0.410 e. The first-order chi connectivity index (χ1) is 20.3. The number of fused-ring (bicyclic) bond motifs is 1. The van der Waals surface area contributed by atoms with Crippen molar-refractivity contribution in [2.75, 3.05) is 25.0 Å². The van der Waals surface area contributed by atoms with Gasteiger partial charge in [0.2, 0.25) is 6.10 Å². The van der Waals surface area contributed by atoms with E-state index in [-0.39, 0.29) is 18.5 Å². The van der Waals surface area contributed by atoms with E-state index in [0.29, 0.717) is 55.4 Å². The number of likely N-dealkylation sites (tertiary alicyclic amines) is 1. The van der Waals surface area contributed by atoms with Crippen LogP contribution >= 0.6 is 11.6 Å². The van der Waals surface area contributed by atoms with Crippen LogP contribution in [-0.2, 0) is 29.0 Å². The molecule has 3 aromatic rings. The number of para-hydroxylation sites is 1. The van der Waals surface area contributed by atoms with Gasteiger partial charge in [-0.1, -0.05) is 66.2 Å². The number of piperidine rings is 1. The molecule has 0 radical (unpaired) electrons. The summed E-state index contributed by atoms with van der Waals surface area (Å²) in [6.07, 6.45) is -0.186. The lowest BCUT2D eigenvalue weighted by molar-refractivity contribution is -0.147. The minimum atomic E-state index is -1.38. The fraction of sp³-hybridized carbons (Fsp3) is 0.344. The summed E-state index contributed by atoms with van der Waals surface area (Å²) in [5.41, 5.74) is 4.30. The highest BCUT2D eigenvalue weighted by Crippen LogP contribution is 2.32. The van der Waals surface area contributed by atoms with E-state index in [4.69, 9.17) is 21.1 Å². The van der Waals surface area contributed by atoms with Crippen molar-refractivity contribution in [2.24, 2.45) is 0 Å². The number of anilines is 1. The van der Waals surface area contributed by atoms with Gasteiger partial charge in [-0.15, -0.1) is 0 Å². The monoisotopic (exact) mass is 591 g/mol. The minimum absolute atomic E-state index is 0.0219. The molecule has 3 amide bonds. The third kappa shape index (κ3) is 6.97. The molecule has 220 valence electrons. The molecule has 0 bridgehead atoms. The van der Waals surface area contributed by atoms with Gasteiger partial charge in [-0.2, -0.15) is 0 Å². The summed E-state index contributed by atoms with van der Waals surface area (Å²) in [6.45, 7) is 3.51. The number of carbonyl (C=O) groups excluding carboxylic acids is 2. The van der Waals surface area contributed by atoms with Crippen molar-refractivity contribution >= 4 is 35.4 Å². The van der Waals surface area contributed by atoms with Gasteiger partial charge >= 0.3 is 18.1 Å². The van der Waals surface area contributed by atoms with Gasteiger partial charge in [-0.3, -0.25) is 0 Å². The van der Waals surface area contributed by atoms with Gasteiger partial charge in [-0.05, 0) is 60.6 Å². The number of carboxylic acid groups (broad SMARTS) is 1. The highest BCUT2D eigenvalue weighted by molar-refractivity contribution is 6.32. The fourth-order valence-corrected chi connectivity index (χ4v) is 5.86. The molecule has 1 fully saturated rings. The molecular weight excluding hydrogens is 558 g/mol. The van der Waals surface area contributed by atoms with E-state index in [2.05, 4.69) is 5.32 Å². The third-order valence-electron chi connectivity index (χ3n) is 7.76. The average Bonchev–Trinajstić information content (AvgIpc) is 3.15. The van der Waals surface area contributed by atoms with Crippen molar-refractivity contribution in [3.05, 3.63) is 94.0 Å². The van der Waals surface area contributed by atoms with Crippen LogP contribution in [-0.4, -0.2) is 64.8 Å². The van der Waals surface area contributed by atoms with Crippen molar-refractivity contribution in [3.8, 4) is 5.75 Å². The van der Waals surface area contributed by atoms with Gasteiger partial charge < -0.3 is 29.7 Å². The first-order valence-electron chi connectivity index (χ1n) is 14.1. The summed E-state index contributed by atoms with van der Waals surface area (Å²) in [4.78, 5) is 41.2. The number of nitrogens with zero attached hydrogens (tertiary/aromatic N) is 2. The Morgan fingerprint density at radius 2 is 1.74 bits per heavy atom. The second kappa shape index (κ2) is 13.2. The lowest BCUT2D eigenvalue weighted by atomic mass is 10.0. The van der Waals surface area contributed by atoms with Crippen LogP contribution < -0.4 is 10.1 Å². The maximum Gasteiger partial charge on any atom is 0.410 e. The second-order valence-electron chi connectivity index (χ2n) is 10.7. The Hall–Kier alpha value is -4.24. The van der Waals surface area contributed by atoms with E-state index in [0.717, 1.165) is 28.8 Å². The Bertz CT molecular complexity index is 1420. The Labute approximate surface area is 250 Å². The molecule has 10 heteroatoms. The van der Waals surface area contributed by atoms with E-state index < -0.39 is 18.2 Å². The first kappa shape index (κ1) is 29.3. The van der Waals surface area contributed by atoms with Gasteiger partial charge in [-0.25, -0.2) is 14.4 Å². The summed E-state index contributed by atoms with van der Waals surface area (Å²) < 4.78 is 11.4. The maximum absolute atomic E-state index is 13.0. The molecule has 3 aromatic carbocycles. The van der Waals surface area contributed by atoms with Crippen molar-refractivity contribution in [1.29, 1.82) is 0 Å². The lowest BCUT2D eigenvalue weighted by Gasteiger charge is -2.37. The van der Waals surface area contributed by atoms with Crippen LogP contribution in [0.5, 0.6) is 5.75 Å². The number of carbonyl (C=O) groups is 3. The number of benzene rings is 3. The van der Waals surface area contributed by atoms with E-state index in [9.17, 15) is 19.5 Å². The van der Waals surface area contributed by atoms with Gasteiger partial charge in [0.25, 0.3) is 0 Å². The Balaban J connectivity index is 1.15. The molecule has 2 aliphatic rings. The molecular formula is C32H34ClN3O6. The second-order valence-corrected chi connectivity index (χ2v) is 11.1. The average molecular weight is 592 g/mol. The largest absolute Gasteiger partial charge is 0.487 e.